The number of hydrogen-bond acceptors (Lipinski definition) is 0. The Morgan fingerprint density at radius 3 is 2.19 bits per heavy atom. The van der Waals surface area contributed by atoms with Crippen LogP contribution in [0.3, 0.4) is 0 Å². The third kappa shape index (κ3) is 5.69. The first kappa shape index (κ1) is 15.1. The van der Waals surface area contributed by atoms with Crippen molar-refractivity contribution in [3.05, 3.63) is 77.9 Å². The lowest BCUT2D eigenvalue weighted by atomic mass is 10.2. The Morgan fingerprint density at radius 1 is 0.905 bits per heavy atom. The molecule has 0 bridgehead atoms. The highest BCUT2D eigenvalue weighted by atomic mass is 15.3. The predicted molar refractivity (Wildman–Crippen MR) is 90.6 cm³/mol. The number of nitrogens with zero attached hydrogens (tertiary/aromatic N) is 1. The van der Waals surface area contributed by atoms with Gasteiger partial charge in [-0.2, -0.15) is 0 Å². The molecule has 1 nitrogen and oxygen atoms in total. The molecular weight excluding hydrogens is 254 g/mol. The predicted octanol–water partition coefficient (Wildman–Crippen LogP) is 3.83. The topological polar surface area (TPSA) is 0 Å². The Balaban J connectivity index is 1.88. The van der Waals surface area contributed by atoms with E-state index in [1.807, 2.05) is 36.4 Å². The molecule has 0 aliphatic rings. The van der Waals surface area contributed by atoms with E-state index in [0.29, 0.717) is 0 Å². The summed E-state index contributed by atoms with van der Waals surface area (Å²) in [4.78, 5) is 0. The summed E-state index contributed by atoms with van der Waals surface area (Å²) < 4.78 is 0.864. The van der Waals surface area contributed by atoms with Crippen molar-refractivity contribution in [2.75, 3.05) is 27.2 Å². The van der Waals surface area contributed by atoms with Crippen molar-refractivity contribution in [3.8, 4) is 11.8 Å². The van der Waals surface area contributed by atoms with Gasteiger partial charge in [-0.1, -0.05) is 60.5 Å². The Hall–Kier alpha value is -2.30. The number of hydrogen-bond donors (Lipinski definition) is 0. The largest absolute Gasteiger partial charge is 0.315 e. The number of quaternary nitrogens is 1. The van der Waals surface area contributed by atoms with Gasteiger partial charge >= 0.3 is 0 Å². The van der Waals surface area contributed by atoms with E-state index in [1.54, 1.807) is 0 Å². The first-order chi connectivity index (χ1) is 10.2. The molecule has 0 unspecified atom stereocenters. The molecule has 0 spiro atoms. The van der Waals surface area contributed by atoms with E-state index in [-0.39, 0.29) is 0 Å². The van der Waals surface area contributed by atoms with Crippen LogP contribution in [0.5, 0.6) is 0 Å². The van der Waals surface area contributed by atoms with Gasteiger partial charge < -0.3 is 4.48 Å². The average molecular weight is 276 g/mol. The highest BCUT2D eigenvalue weighted by Crippen LogP contribution is 2.03. The molecule has 21 heavy (non-hydrogen) atoms. The van der Waals surface area contributed by atoms with Crippen LogP contribution in [0.4, 0.5) is 0 Å². The second-order valence-electron chi connectivity index (χ2n) is 5.76. The lowest BCUT2D eigenvalue weighted by molar-refractivity contribution is -0.877. The third-order valence-electron chi connectivity index (χ3n) is 3.22. The number of rotatable bonds is 4. The summed E-state index contributed by atoms with van der Waals surface area (Å²) in [5.74, 6) is 6.50. The van der Waals surface area contributed by atoms with Gasteiger partial charge in [-0.05, 0) is 29.7 Å². The molecule has 0 aliphatic heterocycles. The van der Waals surface area contributed by atoms with E-state index >= 15 is 0 Å². The SMILES string of the molecule is C[N+](C)(CC#Cc1ccccc1)C/C=C\c1ccccc1. The summed E-state index contributed by atoms with van der Waals surface area (Å²) in [5.41, 5.74) is 2.32. The van der Waals surface area contributed by atoms with Gasteiger partial charge in [0.1, 0.15) is 6.54 Å². The summed E-state index contributed by atoms with van der Waals surface area (Å²) >= 11 is 0. The Morgan fingerprint density at radius 2 is 1.52 bits per heavy atom. The van der Waals surface area contributed by atoms with Gasteiger partial charge in [-0.15, -0.1) is 0 Å². The van der Waals surface area contributed by atoms with Crippen LogP contribution in [0.25, 0.3) is 6.08 Å². The van der Waals surface area contributed by atoms with Crippen molar-refractivity contribution in [1.29, 1.82) is 0 Å². The van der Waals surface area contributed by atoms with Gasteiger partial charge in [0.05, 0.1) is 20.6 Å². The maximum absolute atomic E-state index is 3.28. The molecule has 0 N–H and O–H groups in total. The number of likely N-dealkylation sites (N-methyl/N-ethyl adjacent to an activating group) is 1. The van der Waals surface area contributed by atoms with Crippen LogP contribution in [0.1, 0.15) is 11.1 Å². The molecule has 1 heteroatoms. The fourth-order valence-corrected chi connectivity index (χ4v) is 1.98. The molecule has 106 valence electrons. The zero-order chi connectivity index (χ0) is 15.0. The van der Waals surface area contributed by atoms with Gasteiger partial charge in [0, 0.05) is 5.56 Å². The smallest absolute Gasteiger partial charge is 0.141 e. The van der Waals surface area contributed by atoms with Crippen molar-refractivity contribution < 1.29 is 4.48 Å². The highest BCUT2D eigenvalue weighted by Gasteiger charge is 2.09. The summed E-state index contributed by atoms with van der Waals surface area (Å²) in [5, 5.41) is 0. The third-order valence-corrected chi connectivity index (χ3v) is 3.22. The first-order valence-corrected chi connectivity index (χ1v) is 7.23. The molecule has 2 aromatic carbocycles. The summed E-state index contributed by atoms with van der Waals surface area (Å²) in [6, 6.07) is 20.5. The van der Waals surface area contributed by atoms with Gasteiger partial charge in [-0.25, -0.2) is 0 Å². The molecule has 2 rings (SSSR count). The van der Waals surface area contributed by atoms with Crippen molar-refractivity contribution in [2.45, 2.75) is 0 Å². The maximum atomic E-state index is 3.28. The van der Waals surface area contributed by atoms with Gasteiger partial charge in [0.15, 0.2) is 0 Å². The molecule has 2 aromatic rings. The lowest BCUT2D eigenvalue weighted by Gasteiger charge is -2.25. The molecule has 0 aromatic heterocycles. The van der Waals surface area contributed by atoms with Crippen LogP contribution in [-0.4, -0.2) is 31.7 Å². The molecule has 0 aliphatic carbocycles. The van der Waals surface area contributed by atoms with Crippen LogP contribution >= 0.6 is 0 Å². The van der Waals surface area contributed by atoms with Gasteiger partial charge in [0.25, 0.3) is 0 Å². The van der Waals surface area contributed by atoms with Crippen LogP contribution in [0, 0.1) is 11.8 Å². The van der Waals surface area contributed by atoms with Crippen molar-refractivity contribution in [1.82, 2.24) is 0 Å². The molecule has 0 saturated carbocycles. The zero-order valence-corrected chi connectivity index (χ0v) is 12.8. The highest BCUT2D eigenvalue weighted by molar-refractivity contribution is 5.48. The zero-order valence-electron chi connectivity index (χ0n) is 12.8. The van der Waals surface area contributed by atoms with Crippen molar-refractivity contribution >= 4 is 6.08 Å². The molecule has 0 saturated heterocycles. The normalized spacial score (nSPS) is 11.1. The molecule has 0 heterocycles. The molecule has 0 amide bonds. The van der Waals surface area contributed by atoms with E-state index in [1.165, 1.54) is 5.56 Å². The standard InChI is InChI=1S/C20H22N/c1-21(2,17-9-15-19-11-5-3-6-12-19)18-10-16-20-13-7-4-8-14-20/h3-9,11-15H,17-18H2,1-2H3/q+1/b15-9-. The first-order valence-electron chi connectivity index (χ1n) is 7.23. The summed E-state index contributed by atoms with van der Waals surface area (Å²) in [6.07, 6.45) is 4.39. The second kappa shape index (κ2) is 7.47. The minimum absolute atomic E-state index is 0.841. The van der Waals surface area contributed by atoms with Crippen LogP contribution in [0.2, 0.25) is 0 Å². The second-order valence-corrected chi connectivity index (χ2v) is 5.76. The minimum Gasteiger partial charge on any atom is -0.315 e. The minimum atomic E-state index is 0.841. The fourth-order valence-electron chi connectivity index (χ4n) is 1.98. The van der Waals surface area contributed by atoms with Crippen molar-refractivity contribution in [2.24, 2.45) is 0 Å². The van der Waals surface area contributed by atoms with E-state index in [2.05, 4.69) is 62.4 Å². The Kier molecular flexibility index (Phi) is 5.37. The van der Waals surface area contributed by atoms with Crippen LogP contribution in [0.15, 0.2) is 66.7 Å². The molecular formula is C20H22N+. The van der Waals surface area contributed by atoms with Crippen LogP contribution in [-0.2, 0) is 0 Å². The van der Waals surface area contributed by atoms with Crippen molar-refractivity contribution in [3.63, 3.8) is 0 Å². The number of benzene rings is 2. The van der Waals surface area contributed by atoms with E-state index < -0.39 is 0 Å². The Bertz CT molecular complexity index is 628. The monoisotopic (exact) mass is 276 g/mol. The fraction of sp³-hybridized carbons (Fsp3) is 0.200. The molecule has 0 atom stereocenters. The summed E-state index contributed by atoms with van der Waals surface area (Å²) in [7, 11) is 4.41. The summed E-state index contributed by atoms with van der Waals surface area (Å²) in [6.45, 7) is 1.81. The lowest BCUT2D eigenvalue weighted by Crippen LogP contribution is -2.39. The Labute approximate surface area is 128 Å². The van der Waals surface area contributed by atoms with Gasteiger partial charge in [-0.3, -0.25) is 0 Å². The van der Waals surface area contributed by atoms with Gasteiger partial charge in [0.2, 0.25) is 0 Å². The average Bonchev–Trinajstić information content (AvgIpc) is 2.49. The maximum Gasteiger partial charge on any atom is 0.141 e. The van der Waals surface area contributed by atoms with E-state index in [9.17, 15) is 0 Å². The van der Waals surface area contributed by atoms with E-state index in [0.717, 1.165) is 23.1 Å². The van der Waals surface area contributed by atoms with Crippen LogP contribution < -0.4 is 0 Å². The molecule has 0 fully saturated rings. The van der Waals surface area contributed by atoms with E-state index in [4.69, 9.17) is 0 Å². The molecule has 0 radical (unpaired) electrons. The quantitative estimate of drug-likeness (QED) is 0.588.